The lowest BCUT2D eigenvalue weighted by molar-refractivity contribution is 0.0855. The smallest absolute Gasteiger partial charge is 0.253 e. The van der Waals surface area contributed by atoms with Gasteiger partial charge in [-0.2, -0.15) is 0 Å². The lowest BCUT2D eigenvalue weighted by atomic mass is 9.89. The van der Waals surface area contributed by atoms with Crippen LogP contribution in [0.15, 0.2) is 36.4 Å². The minimum atomic E-state index is -0.148. The number of pyridine rings is 1. The molecule has 0 spiro atoms. The third kappa shape index (κ3) is 5.05. The van der Waals surface area contributed by atoms with Crippen LogP contribution >= 0.6 is 0 Å². The average molecular weight is 412 g/mol. The van der Waals surface area contributed by atoms with E-state index in [1.165, 1.54) is 6.07 Å². The van der Waals surface area contributed by atoms with Gasteiger partial charge in [0.25, 0.3) is 5.91 Å². The van der Waals surface area contributed by atoms with Crippen LogP contribution in [0.5, 0.6) is 0 Å². The first kappa shape index (κ1) is 20.9. The number of carbonyl (C=O) groups is 1. The highest BCUT2D eigenvalue weighted by atomic mass is 19.1. The molecule has 2 saturated heterocycles. The molecule has 1 unspecified atom stereocenters. The third-order valence-corrected chi connectivity index (χ3v) is 6.15. The number of likely N-dealkylation sites (tertiary alicyclic amines) is 1. The number of ether oxygens (including phenoxy) is 1. The highest BCUT2D eigenvalue weighted by molar-refractivity contribution is 5.95. The number of aryl methyl sites for hydroxylation is 1. The molecule has 4 rings (SSSR count). The van der Waals surface area contributed by atoms with Crippen molar-refractivity contribution in [1.29, 1.82) is 0 Å². The molecule has 1 atom stereocenters. The van der Waals surface area contributed by atoms with Crippen molar-refractivity contribution in [3.05, 3.63) is 64.7 Å². The second-order valence-electron chi connectivity index (χ2n) is 8.37. The molecule has 30 heavy (non-hydrogen) atoms. The first-order chi connectivity index (χ1) is 14.6. The van der Waals surface area contributed by atoms with E-state index in [0.717, 1.165) is 62.3 Å². The summed E-state index contributed by atoms with van der Waals surface area (Å²) in [7, 11) is 0. The largest absolute Gasteiger partial charge is 0.376 e. The van der Waals surface area contributed by atoms with Crippen molar-refractivity contribution in [2.45, 2.75) is 51.2 Å². The molecule has 5 nitrogen and oxygen atoms in total. The van der Waals surface area contributed by atoms with E-state index in [4.69, 9.17) is 9.72 Å². The number of halogens is 1. The van der Waals surface area contributed by atoms with Crippen LogP contribution in [0, 0.1) is 12.7 Å². The Labute approximate surface area is 177 Å². The first-order valence-electron chi connectivity index (χ1n) is 10.9. The van der Waals surface area contributed by atoms with Crippen LogP contribution in [0.4, 0.5) is 4.39 Å². The highest BCUT2D eigenvalue weighted by Crippen LogP contribution is 2.30. The van der Waals surface area contributed by atoms with E-state index in [1.54, 1.807) is 6.07 Å². The minimum absolute atomic E-state index is 0.0678. The van der Waals surface area contributed by atoms with Gasteiger partial charge in [0.05, 0.1) is 17.4 Å². The van der Waals surface area contributed by atoms with Crippen LogP contribution in [-0.2, 0) is 11.3 Å². The molecule has 1 amide bonds. The fourth-order valence-electron chi connectivity index (χ4n) is 4.42. The van der Waals surface area contributed by atoms with Crippen LogP contribution in [0.25, 0.3) is 0 Å². The van der Waals surface area contributed by atoms with Gasteiger partial charge < -0.3 is 10.1 Å². The lowest BCUT2D eigenvalue weighted by Gasteiger charge is -2.32. The summed E-state index contributed by atoms with van der Waals surface area (Å²) in [6.45, 7) is 5.65. The van der Waals surface area contributed by atoms with Crippen LogP contribution in [0.2, 0.25) is 0 Å². The van der Waals surface area contributed by atoms with Crippen molar-refractivity contribution in [2.75, 3.05) is 26.2 Å². The van der Waals surface area contributed by atoms with Crippen LogP contribution in [0.3, 0.4) is 0 Å². The molecule has 0 radical (unpaired) electrons. The maximum atomic E-state index is 14.0. The Morgan fingerprint density at radius 3 is 2.73 bits per heavy atom. The standard InChI is InChI=1S/C24H30FN3O2/c1-17-8-9-21(24(29)26-15-20-6-4-14-30-20)23(27-17)18-10-12-28(13-11-18)16-19-5-2-3-7-22(19)25/h2-3,5,7-9,18,20H,4,6,10-16H2,1H3,(H,26,29). The number of aromatic nitrogens is 1. The number of benzene rings is 1. The number of hydrogen-bond donors (Lipinski definition) is 1. The molecule has 2 aliphatic rings. The summed E-state index contributed by atoms with van der Waals surface area (Å²) in [4.78, 5) is 19.9. The molecule has 0 saturated carbocycles. The highest BCUT2D eigenvalue weighted by Gasteiger charge is 2.27. The normalized spacial score (nSPS) is 20.4. The zero-order valence-corrected chi connectivity index (χ0v) is 17.6. The summed E-state index contributed by atoms with van der Waals surface area (Å²) in [6, 6.07) is 10.8. The van der Waals surface area contributed by atoms with Crippen LogP contribution < -0.4 is 5.32 Å². The zero-order chi connectivity index (χ0) is 20.9. The van der Waals surface area contributed by atoms with Gasteiger partial charge in [0.15, 0.2) is 0 Å². The second-order valence-corrected chi connectivity index (χ2v) is 8.37. The predicted octanol–water partition coefficient (Wildman–Crippen LogP) is 3.82. The van der Waals surface area contributed by atoms with Crippen molar-refractivity contribution in [2.24, 2.45) is 0 Å². The monoisotopic (exact) mass is 411 g/mol. The molecular weight excluding hydrogens is 381 g/mol. The summed E-state index contributed by atoms with van der Waals surface area (Å²) in [5, 5.41) is 3.03. The summed E-state index contributed by atoms with van der Waals surface area (Å²) < 4.78 is 19.6. The van der Waals surface area contributed by atoms with Crippen molar-refractivity contribution in [3.8, 4) is 0 Å². The lowest BCUT2D eigenvalue weighted by Crippen LogP contribution is -2.35. The average Bonchev–Trinajstić information content (AvgIpc) is 3.28. The predicted molar refractivity (Wildman–Crippen MR) is 114 cm³/mol. The van der Waals surface area contributed by atoms with Crippen molar-refractivity contribution < 1.29 is 13.9 Å². The SMILES string of the molecule is Cc1ccc(C(=O)NCC2CCCO2)c(C2CCN(Cc3ccccc3F)CC2)n1. The minimum Gasteiger partial charge on any atom is -0.376 e. The maximum absolute atomic E-state index is 14.0. The zero-order valence-electron chi connectivity index (χ0n) is 17.6. The summed E-state index contributed by atoms with van der Waals surface area (Å²) in [6.07, 6.45) is 4.01. The Hall–Kier alpha value is -2.31. The van der Waals surface area contributed by atoms with Crippen molar-refractivity contribution >= 4 is 5.91 Å². The molecule has 1 aromatic carbocycles. The van der Waals surface area contributed by atoms with E-state index in [9.17, 15) is 9.18 Å². The van der Waals surface area contributed by atoms with E-state index in [0.29, 0.717) is 18.7 Å². The number of piperidine rings is 1. The molecule has 0 aliphatic carbocycles. The van der Waals surface area contributed by atoms with Gasteiger partial charge >= 0.3 is 0 Å². The quantitative estimate of drug-likeness (QED) is 0.785. The van der Waals surface area contributed by atoms with Gasteiger partial charge in [0, 0.05) is 36.9 Å². The fraction of sp³-hybridized carbons (Fsp3) is 0.500. The molecule has 6 heteroatoms. The topological polar surface area (TPSA) is 54.5 Å². The van der Waals surface area contributed by atoms with Crippen LogP contribution in [-0.4, -0.2) is 48.1 Å². The van der Waals surface area contributed by atoms with Gasteiger partial charge in [-0.3, -0.25) is 14.7 Å². The van der Waals surface area contributed by atoms with E-state index < -0.39 is 0 Å². The number of hydrogen-bond acceptors (Lipinski definition) is 4. The van der Waals surface area contributed by atoms with Gasteiger partial charge in [-0.05, 0) is 63.9 Å². The van der Waals surface area contributed by atoms with Crippen molar-refractivity contribution in [1.82, 2.24) is 15.2 Å². The Balaban J connectivity index is 1.39. The number of carbonyl (C=O) groups excluding carboxylic acids is 1. The van der Waals surface area contributed by atoms with Crippen molar-refractivity contribution in [3.63, 3.8) is 0 Å². The number of nitrogens with zero attached hydrogens (tertiary/aromatic N) is 2. The number of amides is 1. The van der Waals surface area contributed by atoms with Gasteiger partial charge in [0.1, 0.15) is 5.82 Å². The Morgan fingerprint density at radius 2 is 2.00 bits per heavy atom. The number of nitrogens with one attached hydrogen (secondary N) is 1. The molecule has 2 aliphatic heterocycles. The van der Waals surface area contributed by atoms with E-state index in [-0.39, 0.29) is 23.7 Å². The fourth-order valence-corrected chi connectivity index (χ4v) is 4.42. The first-order valence-corrected chi connectivity index (χ1v) is 10.9. The molecule has 1 N–H and O–H groups in total. The Bertz CT molecular complexity index is 875. The van der Waals surface area contributed by atoms with Gasteiger partial charge in [0.2, 0.25) is 0 Å². The van der Waals surface area contributed by atoms with E-state index >= 15 is 0 Å². The molecular formula is C24H30FN3O2. The van der Waals surface area contributed by atoms with E-state index in [2.05, 4.69) is 10.2 Å². The van der Waals surface area contributed by atoms with Crippen LogP contribution in [0.1, 0.15) is 58.9 Å². The van der Waals surface area contributed by atoms with Gasteiger partial charge in [-0.25, -0.2) is 4.39 Å². The summed E-state index contributed by atoms with van der Waals surface area (Å²) in [5.41, 5.74) is 3.23. The van der Waals surface area contributed by atoms with E-state index in [1.807, 2.05) is 31.2 Å². The van der Waals surface area contributed by atoms with Gasteiger partial charge in [-0.1, -0.05) is 18.2 Å². The second kappa shape index (κ2) is 9.67. The third-order valence-electron chi connectivity index (χ3n) is 6.15. The molecule has 2 fully saturated rings. The maximum Gasteiger partial charge on any atom is 0.253 e. The summed E-state index contributed by atoms with van der Waals surface area (Å²) in [5.74, 6) is 0.0252. The number of rotatable bonds is 6. The Kier molecular flexibility index (Phi) is 6.75. The molecule has 160 valence electrons. The van der Waals surface area contributed by atoms with Gasteiger partial charge in [-0.15, -0.1) is 0 Å². The molecule has 1 aromatic heterocycles. The Morgan fingerprint density at radius 1 is 1.20 bits per heavy atom. The molecule has 2 aromatic rings. The summed E-state index contributed by atoms with van der Waals surface area (Å²) >= 11 is 0. The molecule has 3 heterocycles. The molecule has 0 bridgehead atoms.